The molecule has 0 amide bonds. The van der Waals surface area contributed by atoms with Crippen molar-refractivity contribution in [2.24, 2.45) is 5.10 Å². The molecule has 0 aliphatic heterocycles. The number of pyridine rings is 2. The molecule has 0 saturated heterocycles. The molecule has 0 unspecified atom stereocenters. The van der Waals surface area contributed by atoms with Crippen LogP contribution in [0.4, 0.5) is 0 Å². The van der Waals surface area contributed by atoms with E-state index in [9.17, 15) is 0 Å². The first-order chi connectivity index (χ1) is 12.1. The summed E-state index contributed by atoms with van der Waals surface area (Å²) >= 11 is 6.05. The molecule has 9 heteroatoms. The van der Waals surface area contributed by atoms with Gasteiger partial charge in [-0.1, -0.05) is 12.1 Å². The Kier molecular flexibility index (Phi) is 11.4. The normalized spacial score (nSPS) is 10.2. The molecule has 0 fully saturated rings. The Hall–Kier alpha value is -1.24. The molecule has 0 atom stereocenters. The summed E-state index contributed by atoms with van der Waals surface area (Å²) in [5.41, 5.74) is 5.65. The molecule has 1 N–H and O–H groups in total. The third kappa shape index (κ3) is 9.72. The number of aryl methyl sites for hydroxylation is 1. The Morgan fingerprint density at radius 3 is 2.72 bits per heavy atom. The van der Waals surface area contributed by atoms with Gasteiger partial charge >= 0.3 is 33.3 Å². The van der Waals surface area contributed by atoms with Gasteiger partial charge in [-0.25, -0.2) is 0 Å². The van der Waals surface area contributed by atoms with Gasteiger partial charge < -0.3 is 4.90 Å². The first-order valence-corrected chi connectivity index (χ1v) is 10.3. The van der Waals surface area contributed by atoms with E-state index in [0.717, 1.165) is 43.2 Å². The number of thiocarbonyl (C=S) groups is 1. The number of hydrogen-bond acceptors (Lipinski definition) is 4. The van der Waals surface area contributed by atoms with Crippen LogP contribution >= 0.6 is 32.4 Å². The first-order valence-electron chi connectivity index (χ1n) is 7.25. The van der Waals surface area contributed by atoms with E-state index < -0.39 is 0 Å². The van der Waals surface area contributed by atoms with Gasteiger partial charge in [-0.2, -0.15) is 5.10 Å². The standard InChI is InChI=1S/C16H19N5S.2ClH.Cu/c1-13-6-5-8-15(19-13)12-18-20-16(22)21(2)11-9-14-7-3-4-10-17-14;;;/h3-8,10,12H,9,11H2,1-2H3,(H,20,22);2*1H;/q;;;+2/p-2/b18-12+;;;. The van der Waals surface area contributed by atoms with Crippen LogP contribution in [0.2, 0.25) is 0 Å². The van der Waals surface area contributed by atoms with Crippen LogP contribution in [0.15, 0.2) is 47.7 Å². The van der Waals surface area contributed by atoms with Gasteiger partial charge in [-0.3, -0.25) is 15.4 Å². The molecule has 0 saturated carbocycles. The number of nitrogens with one attached hydrogen (secondary N) is 1. The first kappa shape index (κ1) is 21.8. The SMILES string of the molecule is Cc1cccc(/C=N/NC(=S)N(C)CCc2ccccn2)n1.[Cl][Cu][Cl]. The molecule has 0 aliphatic carbocycles. The molecular formula is C16H19Cl2CuN5S. The van der Waals surface area contributed by atoms with Crippen LogP contribution in [-0.2, 0) is 19.6 Å². The van der Waals surface area contributed by atoms with E-state index in [1.165, 1.54) is 0 Å². The molecule has 2 heterocycles. The van der Waals surface area contributed by atoms with Crippen LogP contribution in [0.3, 0.4) is 0 Å². The Morgan fingerprint density at radius 2 is 2.08 bits per heavy atom. The molecular weight excluding hydrogens is 429 g/mol. The Labute approximate surface area is 168 Å². The van der Waals surface area contributed by atoms with Crippen LogP contribution in [0, 0.1) is 6.92 Å². The van der Waals surface area contributed by atoms with Crippen molar-refractivity contribution < 1.29 is 13.1 Å². The van der Waals surface area contributed by atoms with Crippen LogP contribution in [-0.4, -0.2) is 39.8 Å². The van der Waals surface area contributed by atoms with E-state index in [0.29, 0.717) is 5.11 Å². The van der Waals surface area contributed by atoms with Crippen molar-refractivity contribution in [3.05, 3.63) is 59.7 Å². The quantitative estimate of drug-likeness (QED) is 0.329. The summed E-state index contributed by atoms with van der Waals surface area (Å²) in [5.74, 6) is 0. The summed E-state index contributed by atoms with van der Waals surface area (Å²) in [5, 5.41) is 4.69. The van der Waals surface area contributed by atoms with Gasteiger partial charge in [0.25, 0.3) is 0 Å². The summed E-state index contributed by atoms with van der Waals surface area (Å²) in [4.78, 5) is 10.6. The maximum absolute atomic E-state index is 5.29. The topological polar surface area (TPSA) is 53.4 Å². The summed E-state index contributed by atoms with van der Waals surface area (Å²) in [7, 11) is 11.3. The van der Waals surface area contributed by atoms with Gasteiger partial charge in [0, 0.05) is 37.6 Å². The van der Waals surface area contributed by atoms with E-state index in [4.69, 9.17) is 12.2 Å². The number of hydrazone groups is 1. The number of likely N-dealkylation sites (N-methyl/N-ethyl adjacent to an activating group) is 1. The molecule has 2 aromatic rings. The third-order valence-electron chi connectivity index (χ3n) is 3.04. The zero-order chi connectivity index (χ0) is 18.5. The Bertz CT molecular complexity index is 673. The second kappa shape index (κ2) is 13.0. The molecule has 2 aromatic heterocycles. The fourth-order valence-corrected chi connectivity index (χ4v) is 1.95. The predicted molar refractivity (Wildman–Crippen MR) is 105 cm³/mol. The van der Waals surface area contributed by atoms with Crippen molar-refractivity contribution in [2.75, 3.05) is 13.6 Å². The van der Waals surface area contributed by atoms with Crippen molar-refractivity contribution in [1.29, 1.82) is 0 Å². The molecule has 2 rings (SSSR count). The van der Waals surface area contributed by atoms with E-state index in [1.54, 1.807) is 12.4 Å². The molecule has 0 spiro atoms. The van der Waals surface area contributed by atoms with Crippen LogP contribution in [0.1, 0.15) is 17.1 Å². The predicted octanol–water partition coefficient (Wildman–Crippen LogP) is 3.54. The summed E-state index contributed by atoms with van der Waals surface area (Å²) in [6.45, 7) is 2.72. The molecule has 0 radical (unpaired) electrons. The van der Waals surface area contributed by atoms with Gasteiger partial charge in [0.15, 0.2) is 5.11 Å². The number of nitrogens with zero attached hydrogens (tertiary/aromatic N) is 4. The van der Waals surface area contributed by atoms with E-state index >= 15 is 0 Å². The van der Waals surface area contributed by atoms with Gasteiger partial charge in [-0.15, -0.1) is 0 Å². The zero-order valence-electron chi connectivity index (χ0n) is 13.8. The van der Waals surface area contributed by atoms with Gasteiger partial charge in [0.05, 0.1) is 11.9 Å². The van der Waals surface area contributed by atoms with Crippen LogP contribution in [0.25, 0.3) is 0 Å². The monoisotopic (exact) mass is 446 g/mol. The maximum atomic E-state index is 5.29. The minimum absolute atomic E-state index is 0.569. The minimum atomic E-state index is 0.569. The third-order valence-corrected chi connectivity index (χ3v) is 3.45. The number of hydrogen-bond donors (Lipinski definition) is 1. The molecule has 0 aliphatic rings. The van der Waals surface area contributed by atoms with Gasteiger partial charge in [0.2, 0.25) is 0 Å². The molecule has 139 valence electrons. The van der Waals surface area contributed by atoms with Crippen molar-refractivity contribution in [2.45, 2.75) is 13.3 Å². The van der Waals surface area contributed by atoms with Crippen molar-refractivity contribution in [1.82, 2.24) is 20.3 Å². The van der Waals surface area contributed by atoms with Gasteiger partial charge in [-0.05, 0) is 43.4 Å². The summed E-state index contributed by atoms with van der Waals surface area (Å²) in [6.07, 6.45) is 4.29. The number of aromatic nitrogens is 2. The molecule has 25 heavy (non-hydrogen) atoms. The van der Waals surface area contributed by atoms with Crippen molar-refractivity contribution in [3.63, 3.8) is 0 Å². The Morgan fingerprint density at radius 1 is 1.32 bits per heavy atom. The van der Waals surface area contributed by atoms with E-state index in [-0.39, 0.29) is 0 Å². The second-order valence-electron chi connectivity index (χ2n) is 4.91. The van der Waals surface area contributed by atoms with Crippen molar-refractivity contribution >= 4 is 43.7 Å². The number of rotatable bonds is 5. The van der Waals surface area contributed by atoms with Crippen molar-refractivity contribution in [3.8, 4) is 0 Å². The number of halogens is 2. The van der Waals surface area contributed by atoms with Gasteiger partial charge in [0.1, 0.15) is 0 Å². The average Bonchev–Trinajstić information content (AvgIpc) is 2.61. The zero-order valence-corrected chi connectivity index (χ0v) is 17.1. The Balaban J connectivity index is 0.000000970. The fraction of sp³-hybridized carbons (Fsp3) is 0.250. The van der Waals surface area contributed by atoms with E-state index in [2.05, 4.69) is 40.7 Å². The fourth-order valence-electron chi connectivity index (χ4n) is 1.80. The van der Waals surface area contributed by atoms with Crippen LogP contribution in [0.5, 0.6) is 0 Å². The summed E-state index contributed by atoms with van der Waals surface area (Å²) < 4.78 is 0. The molecule has 0 bridgehead atoms. The van der Waals surface area contributed by atoms with E-state index in [1.807, 2.05) is 55.3 Å². The summed E-state index contributed by atoms with van der Waals surface area (Å²) in [6, 6.07) is 11.7. The second-order valence-corrected chi connectivity index (χ2v) is 6.86. The van der Waals surface area contributed by atoms with Crippen LogP contribution < -0.4 is 5.43 Å². The molecule has 5 nitrogen and oxygen atoms in total. The average molecular weight is 448 g/mol. The molecule has 0 aromatic carbocycles.